The zero-order valence-corrected chi connectivity index (χ0v) is 10.1. The summed E-state index contributed by atoms with van der Waals surface area (Å²) < 4.78 is 14.5. The average molecular weight is 272 g/mol. The van der Waals surface area contributed by atoms with E-state index in [9.17, 15) is 9.65 Å². The van der Waals surface area contributed by atoms with Crippen molar-refractivity contribution in [1.29, 1.82) is 5.26 Å². The maximum atomic E-state index is 12.9. The Hall–Kier alpha value is -2.66. The number of hydrogen-bond donors (Lipinski definition) is 1. The molecule has 6 nitrogen and oxygen atoms in total. The lowest BCUT2D eigenvalue weighted by Gasteiger charge is -2.03. The molecule has 92 valence electrons. The van der Waals surface area contributed by atoms with Crippen LogP contribution >= 0.6 is 12.2 Å². The highest BCUT2D eigenvalue weighted by Crippen LogP contribution is 2.23. The third kappa shape index (κ3) is 1.76. The van der Waals surface area contributed by atoms with E-state index in [0.29, 0.717) is 16.9 Å². The highest BCUT2D eigenvalue weighted by atomic mass is 32.1. The van der Waals surface area contributed by atoms with Crippen LogP contribution in [0.4, 0.5) is 4.39 Å². The van der Waals surface area contributed by atoms with Crippen molar-refractivity contribution >= 4 is 17.9 Å². The molecule has 0 atom stereocenters. The molecule has 0 aliphatic heterocycles. The highest BCUT2D eigenvalue weighted by molar-refractivity contribution is 7.71. The SMILES string of the molecule is N#Cc1c(-c2ccc(F)cc2)nc(=S)n2[nH]nnc12. The predicted octanol–water partition coefficient (Wildman–Crippen LogP) is 1.86. The van der Waals surface area contributed by atoms with Gasteiger partial charge in [-0.2, -0.15) is 15.0 Å². The molecule has 2 heterocycles. The number of hydrogen-bond acceptors (Lipinski definition) is 5. The Kier molecular flexibility index (Phi) is 2.54. The Morgan fingerprint density at radius 3 is 2.74 bits per heavy atom. The van der Waals surface area contributed by atoms with Crippen molar-refractivity contribution in [2.45, 2.75) is 0 Å². The number of H-pyrrole nitrogens is 1. The number of nitrogens with one attached hydrogen (secondary N) is 1. The third-order valence-corrected chi connectivity index (χ3v) is 2.86. The average Bonchev–Trinajstić information content (AvgIpc) is 2.89. The molecule has 2 aromatic heterocycles. The summed E-state index contributed by atoms with van der Waals surface area (Å²) in [5.41, 5.74) is 1.48. The minimum atomic E-state index is -0.363. The number of fused-ring (bicyclic) bond motifs is 1. The van der Waals surface area contributed by atoms with E-state index in [2.05, 4.69) is 20.5 Å². The number of benzene rings is 1. The second-order valence-electron chi connectivity index (χ2n) is 3.70. The van der Waals surface area contributed by atoms with Gasteiger partial charge in [0.15, 0.2) is 5.65 Å². The van der Waals surface area contributed by atoms with Crippen molar-refractivity contribution in [3.05, 3.63) is 40.4 Å². The lowest BCUT2D eigenvalue weighted by atomic mass is 10.1. The van der Waals surface area contributed by atoms with Gasteiger partial charge in [0.2, 0.25) is 4.77 Å². The van der Waals surface area contributed by atoms with Gasteiger partial charge >= 0.3 is 0 Å². The maximum absolute atomic E-state index is 12.9. The number of aromatic nitrogens is 5. The predicted molar refractivity (Wildman–Crippen MR) is 66.1 cm³/mol. The molecule has 0 saturated heterocycles. The Bertz CT molecular complexity index is 858. The van der Waals surface area contributed by atoms with E-state index in [-0.39, 0.29) is 16.2 Å². The van der Waals surface area contributed by atoms with Crippen LogP contribution in [0.25, 0.3) is 16.9 Å². The summed E-state index contributed by atoms with van der Waals surface area (Å²) in [4.78, 5) is 4.17. The molecule has 0 unspecified atom stereocenters. The number of aromatic amines is 1. The van der Waals surface area contributed by atoms with Crippen molar-refractivity contribution in [2.75, 3.05) is 0 Å². The van der Waals surface area contributed by atoms with E-state index in [4.69, 9.17) is 12.2 Å². The summed E-state index contributed by atoms with van der Waals surface area (Å²) in [7, 11) is 0. The lowest BCUT2D eigenvalue weighted by Crippen LogP contribution is -2.00. The van der Waals surface area contributed by atoms with Gasteiger partial charge in [0.1, 0.15) is 17.4 Å². The van der Waals surface area contributed by atoms with Crippen LogP contribution in [0.1, 0.15) is 5.56 Å². The van der Waals surface area contributed by atoms with Crippen molar-refractivity contribution in [1.82, 2.24) is 25.0 Å². The van der Waals surface area contributed by atoms with E-state index in [1.165, 1.54) is 28.8 Å². The smallest absolute Gasteiger partial charge is 0.217 e. The fourth-order valence-corrected chi connectivity index (χ4v) is 1.95. The molecular weight excluding hydrogens is 267 g/mol. The first kappa shape index (κ1) is 11.4. The quantitative estimate of drug-likeness (QED) is 0.684. The molecular formula is C11H5FN6S. The Morgan fingerprint density at radius 2 is 2.05 bits per heavy atom. The molecule has 0 radical (unpaired) electrons. The van der Waals surface area contributed by atoms with E-state index in [0.717, 1.165) is 0 Å². The molecule has 1 aromatic carbocycles. The van der Waals surface area contributed by atoms with Gasteiger partial charge in [-0.25, -0.2) is 9.37 Å². The zero-order chi connectivity index (χ0) is 13.4. The van der Waals surface area contributed by atoms with Crippen molar-refractivity contribution in [3.8, 4) is 17.3 Å². The fraction of sp³-hybridized carbons (Fsp3) is 0. The third-order valence-electron chi connectivity index (χ3n) is 2.59. The molecule has 3 aromatic rings. The fourth-order valence-electron chi connectivity index (χ4n) is 1.73. The number of rotatable bonds is 1. The Labute approximate surface area is 111 Å². The van der Waals surface area contributed by atoms with E-state index in [1.54, 1.807) is 0 Å². The largest absolute Gasteiger partial charge is 0.222 e. The molecule has 0 fully saturated rings. The summed E-state index contributed by atoms with van der Waals surface area (Å²) >= 11 is 5.09. The molecule has 3 rings (SSSR count). The van der Waals surface area contributed by atoms with Gasteiger partial charge in [-0.15, -0.1) is 5.10 Å². The van der Waals surface area contributed by atoms with Crippen molar-refractivity contribution in [2.24, 2.45) is 0 Å². The van der Waals surface area contributed by atoms with Gasteiger partial charge in [0.25, 0.3) is 0 Å². The summed E-state index contributed by atoms with van der Waals surface area (Å²) in [6.07, 6.45) is 0. The second kappa shape index (κ2) is 4.22. The molecule has 0 aliphatic rings. The van der Waals surface area contributed by atoms with Gasteiger partial charge in [0.05, 0.1) is 5.69 Å². The highest BCUT2D eigenvalue weighted by Gasteiger charge is 2.14. The van der Waals surface area contributed by atoms with Crippen LogP contribution in [-0.4, -0.2) is 25.0 Å². The van der Waals surface area contributed by atoms with Gasteiger partial charge in [0, 0.05) is 5.56 Å². The number of halogens is 1. The molecule has 19 heavy (non-hydrogen) atoms. The van der Waals surface area contributed by atoms with E-state index < -0.39 is 0 Å². The zero-order valence-electron chi connectivity index (χ0n) is 9.33. The molecule has 0 amide bonds. The monoisotopic (exact) mass is 272 g/mol. The number of nitrogens with zero attached hydrogens (tertiary/aromatic N) is 5. The lowest BCUT2D eigenvalue weighted by molar-refractivity contribution is 0.628. The first-order valence-electron chi connectivity index (χ1n) is 5.20. The summed E-state index contributed by atoms with van der Waals surface area (Å²) in [6, 6.07) is 7.67. The van der Waals surface area contributed by atoms with Crippen LogP contribution in [0.3, 0.4) is 0 Å². The van der Waals surface area contributed by atoms with Crippen LogP contribution in [-0.2, 0) is 0 Å². The van der Waals surface area contributed by atoms with Crippen LogP contribution < -0.4 is 0 Å². The standard InChI is InChI=1S/C11H5FN6S/c12-7-3-1-6(2-4-7)9-8(5-13)10-15-16-17-18(10)11(19)14-9/h1-4H,(H,15,17). The molecule has 8 heteroatoms. The molecule has 0 bridgehead atoms. The van der Waals surface area contributed by atoms with Crippen LogP contribution in [0.2, 0.25) is 0 Å². The van der Waals surface area contributed by atoms with Crippen LogP contribution in [0, 0.1) is 21.9 Å². The summed E-state index contributed by atoms with van der Waals surface area (Å²) in [6.45, 7) is 0. The van der Waals surface area contributed by atoms with Gasteiger partial charge in [-0.1, -0.05) is 5.21 Å². The number of nitriles is 1. The topological polar surface area (TPSA) is 82.7 Å². The Balaban J connectivity index is 2.38. The molecule has 0 saturated carbocycles. The minimum absolute atomic E-state index is 0.193. The first-order valence-corrected chi connectivity index (χ1v) is 5.61. The maximum Gasteiger partial charge on any atom is 0.222 e. The summed E-state index contributed by atoms with van der Waals surface area (Å²) in [5, 5.41) is 19.2. The second-order valence-corrected chi connectivity index (χ2v) is 4.06. The van der Waals surface area contributed by atoms with Crippen molar-refractivity contribution < 1.29 is 4.39 Å². The van der Waals surface area contributed by atoms with Gasteiger partial charge in [-0.05, 0) is 36.5 Å². The molecule has 0 spiro atoms. The van der Waals surface area contributed by atoms with E-state index >= 15 is 0 Å². The first-order chi connectivity index (χ1) is 9.20. The molecule has 0 aliphatic carbocycles. The van der Waals surface area contributed by atoms with E-state index in [1.807, 2.05) is 6.07 Å². The molecule has 1 N–H and O–H groups in total. The van der Waals surface area contributed by atoms with Crippen LogP contribution in [0.5, 0.6) is 0 Å². The minimum Gasteiger partial charge on any atom is -0.217 e. The normalized spacial score (nSPS) is 10.5. The van der Waals surface area contributed by atoms with Crippen LogP contribution in [0.15, 0.2) is 24.3 Å². The number of tetrazole rings is 1. The van der Waals surface area contributed by atoms with Crippen molar-refractivity contribution in [3.63, 3.8) is 0 Å². The summed E-state index contributed by atoms with van der Waals surface area (Å²) in [5.74, 6) is -0.363. The van der Waals surface area contributed by atoms with Gasteiger partial charge < -0.3 is 0 Å². The van der Waals surface area contributed by atoms with Gasteiger partial charge in [-0.3, -0.25) is 0 Å². The Morgan fingerprint density at radius 1 is 1.32 bits per heavy atom.